The second kappa shape index (κ2) is 7.51. The summed E-state index contributed by atoms with van der Waals surface area (Å²) in [6, 6.07) is 14.6. The Morgan fingerprint density at radius 1 is 1.00 bits per heavy atom. The maximum atomic E-state index is 12.9. The molecular weight excluding hydrogens is 360 g/mol. The molecule has 0 unspecified atom stereocenters. The SMILES string of the molecule is O=C(NCc1cccnc1)c1cc(-c2cccnc2)nc2ccc(Cl)cc12. The topological polar surface area (TPSA) is 67.8 Å². The molecule has 6 heteroatoms. The molecule has 3 heterocycles. The smallest absolute Gasteiger partial charge is 0.252 e. The fraction of sp³-hybridized carbons (Fsp3) is 0.0476. The largest absolute Gasteiger partial charge is 0.348 e. The van der Waals surface area contributed by atoms with E-state index in [2.05, 4.69) is 20.3 Å². The maximum absolute atomic E-state index is 12.9. The minimum atomic E-state index is -0.196. The first-order chi connectivity index (χ1) is 13.2. The molecule has 132 valence electrons. The normalized spacial score (nSPS) is 10.7. The van der Waals surface area contributed by atoms with Crippen molar-refractivity contribution in [3.05, 3.63) is 89.5 Å². The maximum Gasteiger partial charge on any atom is 0.252 e. The van der Waals surface area contributed by atoms with E-state index in [1.165, 1.54) is 0 Å². The summed E-state index contributed by atoms with van der Waals surface area (Å²) in [5.41, 5.74) is 3.67. The van der Waals surface area contributed by atoms with Crippen LogP contribution in [0, 0.1) is 0 Å². The summed E-state index contributed by atoms with van der Waals surface area (Å²) in [6.07, 6.45) is 6.85. The summed E-state index contributed by atoms with van der Waals surface area (Å²) in [5.74, 6) is -0.196. The molecule has 27 heavy (non-hydrogen) atoms. The third kappa shape index (κ3) is 3.78. The predicted molar refractivity (Wildman–Crippen MR) is 105 cm³/mol. The fourth-order valence-electron chi connectivity index (χ4n) is 2.83. The first-order valence-electron chi connectivity index (χ1n) is 8.38. The molecule has 0 bridgehead atoms. The molecule has 0 radical (unpaired) electrons. The zero-order chi connectivity index (χ0) is 18.6. The molecule has 4 rings (SSSR count). The summed E-state index contributed by atoms with van der Waals surface area (Å²) in [4.78, 5) is 25.8. The Hall–Kier alpha value is -3.31. The van der Waals surface area contributed by atoms with E-state index in [1.54, 1.807) is 43.0 Å². The predicted octanol–water partition coefficient (Wildman–Crippen LogP) is 4.28. The van der Waals surface area contributed by atoms with Crippen LogP contribution in [0.4, 0.5) is 0 Å². The van der Waals surface area contributed by atoms with Crippen molar-refractivity contribution in [3.8, 4) is 11.3 Å². The summed E-state index contributed by atoms with van der Waals surface area (Å²) in [6.45, 7) is 0.388. The number of fused-ring (bicyclic) bond motifs is 1. The van der Waals surface area contributed by atoms with E-state index in [-0.39, 0.29) is 5.91 Å². The molecule has 5 nitrogen and oxygen atoms in total. The van der Waals surface area contributed by atoms with E-state index >= 15 is 0 Å². The van der Waals surface area contributed by atoms with Crippen molar-refractivity contribution >= 4 is 28.4 Å². The number of carbonyl (C=O) groups is 1. The molecule has 0 aliphatic heterocycles. The molecule has 0 atom stereocenters. The van der Waals surface area contributed by atoms with Gasteiger partial charge >= 0.3 is 0 Å². The zero-order valence-electron chi connectivity index (χ0n) is 14.3. The van der Waals surface area contributed by atoms with Crippen LogP contribution in [0.3, 0.4) is 0 Å². The number of amides is 1. The number of pyridine rings is 3. The van der Waals surface area contributed by atoms with E-state index in [0.29, 0.717) is 33.7 Å². The lowest BCUT2D eigenvalue weighted by molar-refractivity contribution is 0.0952. The third-order valence-electron chi connectivity index (χ3n) is 4.15. The van der Waals surface area contributed by atoms with Gasteiger partial charge in [0.05, 0.1) is 16.8 Å². The summed E-state index contributed by atoms with van der Waals surface area (Å²) >= 11 is 6.15. The van der Waals surface area contributed by atoms with Crippen LogP contribution in [0.2, 0.25) is 5.02 Å². The second-order valence-electron chi connectivity index (χ2n) is 6.00. The molecular formula is C21H15ClN4O. The number of nitrogens with zero attached hydrogens (tertiary/aromatic N) is 3. The van der Waals surface area contributed by atoms with Gasteiger partial charge in [-0.2, -0.15) is 0 Å². The van der Waals surface area contributed by atoms with E-state index in [0.717, 1.165) is 11.1 Å². The van der Waals surface area contributed by atoms with Crippen molar-refractivity contribution in [2.45, 2.75) is 6.54 Å². The van der Waals surface area contributed by atoms with Crippen molar-refractivity contribution < 1.29 is 4.79 Å². The number of benzene rings is 1. The van der Waals surface area contributed by atoms with Crippen molar-refractivity contribution in [1.82, 2.24) is 20.3 Å². The molecule has 4 aromatic rings. The second-order valence-corrected chi connectivity index (χ2v) is 6.44. The van der Waals surface area contributed by atoms with Crippen LogP contribution in [0.1, 0.15) is 15.9 Å². The Kier molecular flexibility index (Phi) is 4.77. The highest BCUT2D eigenvalue weighted by Crippen LogP contribution is 2.26. The zero-order valence-corrected chi connectivity index (χ0v) is 15.0. The highest BCUT2D eigenvalue weighted by molar-refractivity contribution is 6.31. The van der Waals surface area contributed by atoms with Gasteiger partial charge in [-0.1, -0.05) is 17.7 Å². The van der Waals surface area contributed by atoms with E-state index < -0.39 is 0 Å². The third-order valence-corrected chi connectivity index (χ3v) is 4.38. The first-order valence-corrected chi connectivity index (χ1v) is 8.76. The molecule has 3 aromatic heterocycles. The van der Waals surface area contributed by atoms with Gasteiger partial charge in [0.1, 0.15) is 0 Å². The van der Waals surface area contributed by atoms with Gasteiger partial charge in [-0.15, -0.1) is 0 Å². The number of aromatic nitrogens is 3. The molecule has 0 saturated carbocycles. The van der Waals surface area contributed by atoms with E-state index in [4.69, 9.17) is 11.6 Å². The Morgan fingerprint density at radius 2 is 1.81 bits per heavy atom. The summed E-state index contributed by atoms with van der Waals surface area (Å²) in [5, 5.41) is 4.20. The van der Waals surface area contributed by atoms with Gasteiger partial charge in [-0.3, -0.25) is 14.8 Å². The monoisotopic (exact) mass is 374 g/mol. The lowest BCUT2D eigenvalue weighted by atomic mass is 10.0. The quantitative estimate of drug-likeness (QED) is 0.579. The molecule has 1 aromatic carbocycles. The highest BCUT2D eigenvalue weighted by Gasteiger charge is 2.14. The Morgan fingerprint density at radius 3 is 2.56 bits per heavy atom. The van der Waals surface area contributed by atoms with Gasteiger partial charge in [0.2, 0.25) is 0 Å². The van der Waals surface area contributed by atoms with Crippen LogP contribution in [0.5, 0.6) is 0 Å². The number of carbonyl (C=O) groups excluding carboxylic acids is 1. The molecule has 0 spiro atoms. The number of halogens is 1. The van der Waals surface area contributed by atoms with Crippen molar-refractivity contribution in [2.24, 2.45) is 0 Å². The van der Waals surface area contributed by atoms with Crippen LogP contribution in [-0.4, -0.2) is 20.9 Å². The molecule has 0 saturated heterocycles. The molecule has 1 N–H and O–H groups in total. The minimum absolute atomic E-state index is 0.196. The molecule has 0 aliphatic rings. The van der Waals surface area contributed by atoms with Gasteiger partial charge in [-0.25, -0.2) is 4.98 Å². The van der Waals surface area contributed by atoms with E-state index in [1.807, 2.05) is 30.3 Å². The Labute approximate surface area is 161 Å². The van der Waals surface area contributed by atoms with Gasteiger partial charge < -0.3 is 5.32 Å². The van der Waals surface area contributed by atoms with Crippen LogP contribution in [-0.2, 0) is 6.54 Å². The highest BCUT2D eigenvalue weighted by atomic mass is 35.5. The molecule has 0 aliphatic carbocycles. The van der Waals surface area contributed by atoms with Gasteiger partial charge in [0.25, 0.3) is 5.91 Å². The van der Waals surface area contributed by atoms with Crippen LogP contribution >= 0.6 is 11.6 Å². The van der Waals surface area contributed by atoms with Crippen molar-refractivity contribution in [3.63, 3.8) is 0 Å². The number of rotatable bonds is 4. The average molecular weight is 375 g/mol. The molecule has 1 amide bonds. The minimum Gasteiger partial charge on any atom is -0.348 e. The summed E-state index contributed by atoms with van der Waals surface area (Å²) < 4.78 is 0. The van der Waals surface area contributed by atoms with Crippen molar-refractivity contribution in [2.75, 3.05) is 0 Å². The lowest BCUT2D eigenvalue weighted by Crippen LogP contribution is -2.23. The molecule has 0 fully saturated rings. The lowest BCUT2D eigenvalue weighted by Gasteiger charge is -2.11. The number of hydrogen-bond acceptors (Lipinski definition) is 4. The van der Waals surface area contributed by atoms with E-state index in [9.17, 15) is 4.79 Å². The van der Waals surface area contributed by atoms with Gasteiger partial charge in [-0.05, 0) is 48.0 Å². The standard InChI is InChI=1S/C21H15ClN4O/c22-16-5-6-19-17(9-16)18(10-20(26-19)15-4-2-8-24-13-15)21(27)25-12-14-3-1-7-23-11-14/h1-11,13H,12H2,(H,25,27). The van der Waals surface area contributed by atoms with Gasteiger partial charge in [0, 0.05) is 47.3 Å². The fourth-order valence-corrected chi connectivity index (χ4v) is 3.00. The van der Waals surface area contributed by atoms with Gasteiger partial charge in [0.15, 0.2) is 0 Å². The van der Waals surface area contributed by atoms with Crippen LogP contribution in [0.15, 0.2) is 73.3 Å². The number of hydrogen-bond donors (Lipinski definition) is 1. The average Bonchev–Trinajstić information content (AvgIpc) is 2.72. The Balaban J connectivity index is 1.75. The number of nitrogens with one attached hydrogen (secondary N) is 1. The first kappa shape index (κ1) is 17.1. The van der Waals surface area contributed by atoms with Crippen molar-refractivity contribution in [1.29, 1.82) is 0 Å². The van der Waals surface area contributed by atoms with Crippen LogP contribution < -0.4 is 5.32 Å². The Bertz CT molecular complexity index is 1100. The van der Waals surface area contributed by atoms with Crippen LogP contribution in [0.25, 0.3) is 22.2 Å². The summed E-state index contributed by atoms with van der Waals surface area (Å²) in [7, 11) is 0.